The summed E-state index contributed by atoms with van der Waals surface area (Å²) in [4.78, 5) is 4.80. The second-order valence-electron chi connectivity index (χ2n) is 27.7. The van der Waals surface area contributed by atoms with Crippen LogP contribution in [0.15, 0.2) is 232 Å². The molecule has 7 heteroatoms. The van der Waals surface area contributed by atoms with Crippen LogP contribution in [0.1, 0.15) is 49.9 Å². The fourth-order valence-corrected chi connectivity index (χ4v) is 17.3. The smallest absolute Gasteiger partial charge is 0.137 e. The molecule has 0 atom stereocenters. The highest BCUT2D eigenvalue weighted by Crippen LogP contribution is 2.55. The van der Waals surface area contributed by atoms with Crippen molar-refractivity contribution in [2.75, 3.05) is 9.80 Å². The first kappa shape index (κ1) is 52.0. The van der Waals surface area contributed by atoms with Crippen LogP contribution in [0.2, 0.25) is 39.3 Å². The van der Waals surface area contributed by atoms with Crippen molar-refractivity contribution in [1.82, 2.24) is 0 Å². The van der Waals surface area contributed by atoms with Crippen LogP contribution in [0, 0.1) is 0 Å². The van der Waals surface area contributed by atoms with Gasteiger partial charge in [0.2, 0.25) is 0 Å². The first-order chi connectivity index (χ1) is 41.8. The van der Waals surface area contributed by atoms with Crippen molar-refractivity contribution in [3.8, 4) is 22.3 Å². The second kappa shape index (κ2) is 18.1. The van der Waals surface area contributed by atoms with Gasteiger partial charge >= 0.3 is 0 Å². The molecule has 422 valence electrons. The number of benzene rings is 12. The molecule has 15 aromatic rings. The number of anilines is 6. The molecule has 0 N–H and O–H groups in total. The topological polar surface area (TPSA) is 45.9 Å². The summed E-state index contributed by atoms with van der Waals surface area (Å²) in [7, 11) is -3.10. The molecule has 3 aromatic heterocycles. The standard InChI is InChI=1S/C80H66N2O3Si2/c1-79(2)67-37-19-47-15-11-13-17-57(47)77(67)61-35-27-51(39-69(61)79)81(49-21-29-55(30-22-49)86(5,6)7)53-25-33-59-63-43-75-65(45-73(63)83-71(59)41-53)66-46-74-64(44-76(66)85-75)60-34-26-54(42-72(60)84-74)82(50-23-31-56(32-24-50)87(8,9)10)52-28-36-62-70(40-52)80(3,4)68-38-20-48-16-12-14-18-58(48)78(62)68/h11-46H,1-10H3. The summed E-state index contributed by atoms with van der Waals surface area (Å²) in [6.45, 7) is 23.9. The fourth-order valence-electron chi connectivity index (χ4n) is 15.0. The van der Waals surface area contributed by atoms with E-state index in [0.717, 1.165) is 99.9 Å². The Morgan fingerprint density at radius 2 is 0.598 bits per heavy atom. The van der Waals surface area contributed by atoms with Gasteiger partial charge in [0.25, 0.3) is 0 Å². The van der Waals surface area contributed by atoms with E-state index in [0.29, 0.717) is 0 Å². The summed E-state index contributed by atoms with van der Waals surface area (Å²) >= 11 is 0. The summed E-state index contributed by atoms with van der Waals surface area (Å²) in [6.07, 6.45) is 0. The number of furan rings is 3. The van der Waals surface area contributed by atoms with Crippen LogP contribution >= 0.6 is 0 Å². The van der Waals surface area contributed by atoms with Crippen LogP contribution in [0.3, 0.4) is 0 Å². The van der Waals surface area contributed by atoms with Gasteiger partial charge in [-0.05, 0) is 163 Å². The van der Waals surface area contributed by atoms with Crippen LogP contribution in [0.5, 0.6) is 0 Å². The number of fused-ring (bicyclic) bond motifs is 19. The molecule has 17 rings (SSSR count). The van der Waals surface area contributed by atoms with Gasteiger partial charge in [-0.25, -0.2) is 0 Å². The molecule has 2 aliphatic carbocycles. The summed E-state index contributed by atoms with van der Waals surface area (Å²) in [5, 5.41) is 14.1. The van der Waals surface area contributed by atoms with Gasteiger partial charge in [0.15, 0.2) is 0 Å². The van der Waals surface area contributed by atoms with Gasteiger partial charge in [0, 0.05) is 89.4 Å². The van der Waals surface area contributed by atoms with Gasteiger partial charge in [-0.15, -0.1) is 0 Å². The monoisotopic (exact) mass is 1160 g/mol. The molecule has 0 radical (unpaired) electrons. The number of nitrogens with zero attached hydrogens (tertiary/aromatic N) is 2. The number of hydrogen-bond donors (Lipinski definition) is 0. The molecule has 0 aliphatic heterocycles. The van der Waals surface area contributed by atoms with Gasteiger partial charge in [-0.3, -0.25) is 0 Å². The van der Waals surface area contributed by atoms with Crippen molar-refractivity contribution >= 4 is 148 Å². The lowest BCUT2D eigenvalue weighted by Crippen LogP contribution is -2.37. The Bertz CT molecular complexity index is 5100. The zero-order valence-electron chi connectivity index (χ0n) is 50.9. The minimum atomic E-state index is -1.55. The first-order valence-electron chi connectivity index (χ1n) is 30.7. The molecule has 0 bridgehead atoms. The van der Waals surface area contributed by atoms with E-state index in [1.54, 1.807) is 0 Å². The first-order valence-corrected chi connectivity index (χ1v) is 37.7. The minimum Gasteiger partial charge on any atom is -0.456 e. The highest BCUT2D eigenvalue weighted by atomic mass is 28.3. The third-order valence-electron chi connectivity index (χ3n) is 19.7. The van der Waals surface area contributed by atoms with Crippen molar-refractivity contribution in [3.05, 3.63) is 241 Å². The predicted octanol–water partition coefficient (Wildman–Crippen LogP) is 22.3. The molecule has 0 amide bonds. The molecular weight excluding hydrogens is 1090 g/mol. The molecule has 0 unspecified atom stereocenters. The van der Waals surface area contributed by atoms with E-state index in [4.69, 9.17) is 13.3 Å². The maximum absolute atomic E-state index is 6.94. The normalized spacial score (nSPS) is 14.3. The predicted molar refractivity (Wildman–Crippen MR) is 374 cm³/mol. The van der Waals surface area contributed by atoms with E-state index in [-0.39, 0.29) is 10.8 Å². The fraction of sp³-hybridized carbons (Fsp3) is 0.150. The van der Waals surface area contributed by atoms with Crippen LogP contribution in [-0.4, -0.2) is 16.1 Å². The molecule has 0 spiro atoms. The molecule has 5 nitrogen and oxygen atoms in total. The van der Waals surface area contributed by atoms with Gasteiger partial charge in [-0.1, -0.05) is 187 Å². The Morgan fingerprint density at radius 1 is 0.276 bits per heavy atom. The molecule has 0 fully saturated rings. The van der Waals surface area contributed by atoms with Crippen molar-refractivity contribution in [1.29, 1.82) is 0 Å². The lowest BCUT2D eigenvalue weighted by molar-refractivity contribution is 0.660. The van der Waals surface area contributed by atoms with Gasteiger partial charge in [0.1, 0.15) is 33.5 Å². The Morgan fingerprint density at radius 3 is 0.977 bits per heavy atom. The summed E-state index contributed by atoms with van der Waals surface area (Å²) in [5.41, 5.74) is 21.8. The zero-order chi connectivity index (χ0) is 59.2. The van der Waals surface area contributed by atoms with Gasteiger partial charge in [-0.2, -0.15) is 0 Å². The lowest BCUT2D eigenvalue weighted by atomic mass is 9.82. The molecule has 3 heterocycles. The summed E-state index contributed by atoms with van der Waals surface area (Å²) < 4.78 is 20.7. The van der Waals surface area contributed by atoms with Crippen LogP contribution in [0.4, 0.5) is 34.1 Å². The van der Waals surface area contributed by atoms with E-state index in [2.05, 4.69) is 295 Å². The molecule has 12 aromatic carbocycles. The Balaban J connectivity index is 0.754. The third-order valence-corrected chi connectivity index (χ3v) is 23.9. The lowest BCUT2D eigenvalue weighted by Gasteiger charge is -2.28. The van der Waals surface area contributed by atoms with Crippen molar-refractivity contribution in [2.45, 2.75) is 77.8 Å². The highest BCUT2D eigenvalue weighted by Gasteiger charge is 2.39. The van der Waals surface area contributed by atoms with E-state index in [1.807, 2.05) is 0 Å². The molecule has 87 heavy (non-hydrogen) atoms. The third kappa shape index (κ3) is 7.74. The summed E-state index contributed by atoms with van der Waals surface area (Å²) in [5.74, 6) is 0. The van der Waals surface area contributed by atoms with E-state index in [9.17, 15) is 0 Å². The minimum absolute atomic E-state index is 0.184. The maximum atomic E-state index is 6.94. The van der Waals surface area contributed by atoms with Crippen LogP contribution in [-0.2, 0) is 10.8 Å². The maximum Gasteiger partial charge on any atom is 0.137 e. The Kier molecular flexibility index (Phi) is 10.8. The largest absolute Gasteiger partial charge is 0.456 e. The van der Waals surface area contributed by atoms with E-state index >= 15 is 0 Å². The van der Waals surface area contributed by atoms with Crippen molar-refractivity contribution < 1.29 is 13.3 Å². The van der Waals surface area contributed by atoms with E-state index < -0.39 is 16.1 Å². The second-order valence-corrected chi connectivity index (χ2v) is 37.9. The number of hydrogen-bond acceptors (Lipinski definition) is 5. The van der Waals surface area contributed by atoms with Gasteiger partial charge < -0.3 is 23.1 Å². The number of rotatable bonds is 8. The molecule has 0 saturated heterocycles. The quantitative estimate of drug-likeness (QED) is 0.142. The van der Waals surface area contributed by atoms with Gasteiger partial charge in [0.05, 0.1) is 16.1 Å². The van der Waals surface area contributed by atoms with Crippen molar-refractivity contribution in [2.24, 2.45) is 0 Å². The highest BCUT2D eigenvalue weighted by molar-refractivity contribution is 6.89. The molecule has 0 saturated carbocycles. The average molecular weight is 1160 g/mol. The van der Waals surface area contributed by atoms with Crippen LogP contribution in [0.25, 0.3) is 110 Å². The Hall–Kier alpha value is -9.41. The Labute approximate surface area is 508 Å². The summed E-state index contributed by atoms with van der Waals surface area (Å²) in [6, 6.07) is 81.5. The average Bonchev–Trinajstić information content (AvgIpc) is 1.61. The van der Waals surface area contributed by atoms with Crippen LogP contribution < -0.4 is 20.2 Å². The molecule has 2 aliphatic rings. The van der Waals surface area contributed by atoms with Crippen molar-refractivity contribution in [3.63, 3.8) is 0 Å². The molecular formula is C80H66N2O3Si2. The SMILES string of the molecule is CC1(C)c2cc(N(c3ccc([Si](C)(C)C)cc3)c3ccc4c(c3)oc3cc5c(cc34)oc3cc4c(cc35)oc3cc(N(c5ccc([Si](C)(C)C)cc5)c5ccc6c(c5)C(C)(C)c5ccc7ccccc7c5-6)ccc34)ccc2-c2c1ccc1ccccc21. The van der Waals surface area contributed by atoms with E-state index in [1.165, 1.54) is 76.4 Å². The zero-order valence-corrected chi connectivity index (χ0v) is 52.9.